The van der Waals surface area contributed by atoms with Gasteiger partial charge in [0.05, 0.1) is 13.2 Å². The summed E-state index contributed by atoms with van der Waals surface area (Å²) in [5.41, 5.74) is 0.868. The number of hydrogen-bond acceptors (Lipinski definition) is 3. The number of hydrogen-bond donors (Lipinski definition) is 1. The van der Waals surface area contributed by atoms with E-state index >= 15 is 0 Å². The summed E-state index contributed by atoms with van der Waals surface area (Å²) in [5.74, 6) is 0.778. The van der Waals surface area contributed by atoms with E-state index < -0.39 is 6.10 Å². The molecule has 1 atom stereocenters. The molecule has 0 fully saturated rings. The second-order valence-electron chi connectivity index (χ2n) is 2.07. The number of thiophene rings is 1. The van der Waals surface area contributed by atoms with Crippen LogP contribution in [-0.4, -0.2) is 12.2 Å². The standard InChI is InChI=1S/C7H10O2S/c1-5(8)6-3-10-4-7(6)9-2/h3-5,8H,1-2H3. The maximum atomic E-state index is 9.15. The molecular formula is C7H10O2S. The van der Waals surface area contributed by atoms with Crippen LogP contribution in [0.2, 0.25) is 0 Å². The molecule has 0 amide bonds. The summed E-state index contributed by atoms with van der Waals surface area (Å²) >= 11 is 1.53. The first-order valence-corrected chi connectivity index (χ1v) is 3.98. The highest BCUT2D eigenvalue weighted by Crippen LogP contribution is 2.28. The fourth-order valence-corrected chi connectivity index (χ4v) is 1.65. The highest BCUT2D eigenvalue weighted by Gasteiger charge is 2.07. The molecule has 0 saturated carbocycles. The molecule has 0 aromatic carbocycles. The first-order chi connectivity index (χ1) is 4.75. The Bertz CT molecular complexity index is 205. The molecule has 0 aliphatic heterocycles. The molecule has 1 aromatic rings. The van der Waals surface area contributed by atoms with Gasteiger partial charge in [0.25, 0.3) is 0 Å². The van der Waals surface area contributed by atoms with Gasteiger partial charge in [-0.15, -0.1) is 11.3 Å². The van der Waals surface area contributed by atoms with Crippen LogP contribution < -0.4 is 4.74 Å². The summed E-state index contributed by atoms with van der Waals surface area (Å²) in [6.07, 6.45) is -0.429. The van der Waals surface area contributed by atoms with Crippen LogP contribution in [0.15, 0.2) is 10.8 Å². The lowest BCUT2D eigenvalue weighted by Crippen LogP contribution is -1.91. The van der Waals surface area contributed by atoms with Gasteiger partial charge in [-0.1, -0.05) is 0 Å². The van der Waals surface area contributed by atoms with Gasteiger partial charge in [0.15, 0.2) is 0 Å². The minimum absolute atomic E-state index is 0.429. The Hall–Kier alpha value is -0.540. The Morgan fingerprint density at radius 2 is 2.30 bits per heavy atom. The molecule has 1 unspecified atom stereocenters. The van der Waals surface area contributed by atoms with Crippen LogP contribution in [0.25, 0.3) is 0 Å². The minimum Gasteiger partial charge on any atom is -0.495 e. The predicted octanol–water partition coefficient (Wildman–Crippen LogP) is 1.81. The molecule has 0 aliphatic carbocycles. The Morgan fingerprint density at radius 1 is 1.60 bits per heavy atom. The van der Waals surface area contributed by atoms with Gasteiger partial charge in [-0.25, -0.2) is 0 Å². The van der Waals surface area contributed by atoms with Crippen LogP contribution in [0.4, 0.5) is 0 Å². The van der Waals surface area contributed by atoms with Crippen LogP contribution in [0, 0.1) is 0 Å². The van der Waals surface area contributed by atoms with Crippen molar-refractivity contribution in [3.8, 4) is 5.75 Å². The van der Waals surface area contributed by atoms with Gasteiger partial charge < -0.3 is 9.84 Å². The largest absolute Gasteiger partial charge is 0.495 e. The molecule has 0 aliphatic rings. The molecule has 0 spiro atoms. The van der Waals surface area contributed by atoms with Gasteiger partial charge in [-0.3, -0.25) is 0 Å². The zero-order valence-electron chi connectivity index (χ0n) is 6.00. The maximum Gasteiger partial charge on any atom is 0.135 e. The molecule has 3 heteroatoms. The Labute approximate surface area is 64.1 Å². The van der Waals surface area contributed by atoms with Crippen molar-refractivity contribution >= 4 is 11.3 Å². The number of methoxy groups -OCH3 is 1. The lowest BCUT2D eigenvalue weighted by Gasteiger charge is -2.03. The third kappa shape index (κ3) is 1.30. The molecule has 0 saturated heterocycles. The summed E-state index contributed by atoms with van der Waals surface area (Å²) in [6.45, 7) is 1.73. The summed E-state index contributed by atoms with van der Waals surface area (Å²) in [7, 11) is 1.61. The normalized spacial score (nSPS) is 13.1. The Kier molecular flexibility index (Phi) is 2.29. The average molecular weight is 158 g/mol. The molecule has 1 heterocycles. The SMILES string of the molecule is COc1cscc1C(C)O. The number of rotatable bonds is 2. The number of aliphatic hydroxyl groups is 1. The molecule has 1 aromatic heterocycles. The molecule has 0 bridgehead atoms. The third-order valence-corrected chi connectivity index (χ3v) is 2.06. The summed E-state index contributed by atoms with van der Waals surface area (Å²) < 4.78 is 5.00. The van der Waals surface area contributed by atoms with Crippen molar-refractivity contribution in [2.45, 2.75) is 13.0 Å². The van der Waals surface area contributed by atoms with E-state index in [1.54, 1.807) is 14.0 Å². The Balaban J connectivity index is 2.90. The quantitative estimate of drug-likeness (QED) is 0.711. The molecule has 2 nitrogen and oxygen atoms in total. The third-order valence-electron chi connectivity index (χ3n) is 1.32. The number of aliphatic hydroxyl groups excluding tert-OH is 1. The fraction of sp³-hybridized carbons (Fsp3) is 0.429. The van der Waals surface area contributed by atoms with E-state index in [9.17, 15) is 0 Å². The molecular weight excluding hydrogens is 148 g/mol. The van der Waals surface area contributed by atoms with Crippen LogP contribution in [0.5, 0.6) is 5.75 Å². The van der Waals surface area contributed by atoms with Crippen molar-refractivity contribution in [1.82, 2.24) is 0 Å². The monoisotopic (exact) mass is 158 g/mol. The van der Waals surface area contributed by atoms with Crippen LogP contribution in [0.3, 0.4) is 0 Å². The second kappa shape index (κ2) is 3.03. The Morgan fingerprint density at radius 3 is 2.70 bits per heavy atom. The zero-order chi connectivity index (χ0) is 7.56. The van der Waals surface area contributed by atoms with Gasteiger partial charge >= 0.3 is 0 Å². The molecule has 56 valence electrons. The smallest absolute Gasteiger partial charge is 0.135 e. The van der Waals surface area contributed by atoms with E-state index in [0.29, 0.717) is 0 Å². The van der Waals surface area contributed by atoms with Crippen LogP contribution >= 0.6 is 11.3 Å². The first kappa shape index (κ1) is 7.57. The lowest BCUT2D eigenvalue weighted by atomic mass is 10.2. The van der Waals surface area contributed by atoms with Gasteiger partial charge in [0.2, 0.25) is 0 Å². The van der Waals surface area contributed by atoms with E-state index in [4.69, 9.17) is 9.84 Å². The maximum absolute atomic E-state index is 9.15. The van der Waals surface area contributed by atoms with Crippen LogP contribution in [0.1, 0.15) is 18.6 Å². The van der Waals surface area contributed by atoms with Crippen molar-refractivity contribution < 1.29 is 9.84 Å². The van der Waals surface area contributed by atoms with Crippen molar-refractivity contribution in [3.63, 3.8) is 0 Å². The minimum atomic E-state index is -0.429. The topological polar surface area (TPSA) is 29.5 Å². The van der Waals surface area contributed by atoms with E-state index in [1.165, 1.54) is 11.3 Å². The summed E-state index contributed by atoms with van der Waals surface area (Å²) in [5, 5.41) is 12.9. The van der Waals surface area contributed by atoms with E-state index in [1.807, 2.05) is 10.8 Å². The number of ether oxygens (including phenoxy) is 1. The molecule has 10 heavy (non-hydrogen) atoms. The molecule has 1 rings (SSSR count). The lowest BCUT2D eigenvalue weighted by molar-refractivity contribution is 0.195. The van der Waals surface area contributed by atoms with Gasteiger partial charge in [0.1, 0.15) is 5.75 Å². The van der Waals surface area contributed by atoms with E-state index in [0.717, 1.165) is 11.3 Å². The van der Waals surface area contributed by atoms with Crippen molar-refractivity contribution in [3.05, 3.63) is 16.3 Å². The second-order valence-corrected chi connectivity index (χ2v) is 2.82. The predicted molar refractivity (Wildman–Crippen MR) is 41.5 cm³/mol. The fourth-order valence-electron chi connectivity index (χ4n) is 0.766. The summed E-state index contributed by atoms with van der Waals surface area (Å²) in [6, 6.07) is 0. The van der Waals surface area contributed by atoms with Gasteiger partial charge in [-0.2, -0.15) is 0 Å². The van der Waals surface area contributed by atoms with E-state index in [2.05, 4.69) is 0 Å². The van der Waals surface area contributed by atoms with Gasteiger partial charge in [0, 0.05) is 16.3 Å². The average Bonchev–Trinajstić information content (AvgIpc) is 2.33. The first-order valence-electron chi connectivity index (χ1n) is 3.04. The van der Waals surface area contributed by atoms with Crippen molar-refractivity contribution in [2.75, 3.05) is 7.11 Å². The van der Waals surface area contributed by atoms with Crippen molar-refractivity contribution in [1.29, 1.82) is 0 Å². The van der Waals surface area contributed by atoms with Crippen LogP contribution in [-0.2, 0) is 0 Å². The molecule has 1 N–H and O–H groups in total. The highest BCUT2D eigenvalue weighted by atomic mass is 32.1. The van der Waals surface area contributed by atoms with E-state index in [-0.39, 0.29) is 0 Å². The van der Waals surface area contributed by atoms with Crippen molar-refractivity contribution in [2.24, 2.45) is 0 Å². The molecule has 0 radical (unpaired) electrons. The van der Waals surface area contributed by atoms with Gasteiger partial charge in [-0.05, 0) is 6.92 Å². The highest BCUT2D eigenvalue weighted by molar-refractivity contribution is 7.08. The summed E-state index contributed by atoms with van der Waals surface area (Å²) in [4.78, 5) is 0. The zero-order valence-corrected chi connectivity index (χ0v) is 6.81.